The topological polar surface area (TPSA) is 29.5 Å². The van der Waals surface area contributed by atoms with E-state index in [1.54, 1.807) is 0 Å². The largest absolute Gasteiger partial charge is 0.441 e. The van der Waals surface area contributed by atoms with Crippen LogP contribution in [0.25, 0.3) is 0 Å². The van der Waals surface area contributed by atoms with Gasteiger partial charge < -0.3 is 4.74 Å². The third-order valence-electron chi connectivity index (χ3n) is 4.31. The summed E-state index contributed by atoms with van der Waals surface area (Å²) in [7, 11) is 0. The molecule has 0 bridgehead atoms. The van der Waals surface area contributed by atoms with Gasteiger partial charge in [0.05, 0.1) is 6.04 Å². The molecule has 1 amide bonds. The van der Waals surface area contributed by atoms with Crippen molar-refractivity contribution < 1.29 is 9.53 Å². The molecule has 0 aromatic heterocycles. The highest BCUT2D eigenvalue weighted by molar-refractivity contribution is 5.72. The summed E-state index contributed by atoms with van der Waals surface area (Å²) >= 11 is 0. The third kappa shape index (κ3) is 2.47. The minimum atomic E-state index is -0.554. The van der Waals surface area contributed by atoms with E-state index in [0.29, 0.717) is 0 Å². The van der Waals surface area contributed by atoms with Crippen molar-refractivity contribution in [1.82, 2.24) is 4.90 Å². The van der Waals surface area contributed by atoms with Crippen molar-refractivity contribution in [3.05, 3.63) is 71.8 Å². The van der Waals surface area contributed by atoms with E-state index >= 15 is 0 Å². The average molecular weight is 295 g/mol. The maximum atomic E-state index is 12.5. The number of hydrogen-bond donors (Lipinski definition) is 0. The molecule has 1 heterocycles. The zero-order valence-electron chi connectivity index (χ0n) is 13.2. The van der Waals surface area contributed by atoms with Crippen LogP contribution in [0.3, 0.4) is 0 Å². The number of ether oxygens (including phenoxy) is 1. The summed E-state index contributed by atoms with van der Waals surface area (Å²) in [6.07, 6.45) is -0.254. The van der Waals surface area contributed by atoms with E-state index < -0.39 is 5.60 Å². The summed E-state index contributed by atoms with van der Waals surface area (Å²) in [5.41, 5.74) is 1.65. The van der Waals surface area contributed by atoms with Crippen LogP contribution in [0, 0.1) is 0 Å². The molecule has 2 aromatic carbocycles. The predicted molar refractivity (Wildman–Crippen MR) is 86.4 cm³/mol. The molecule has 1 aliphatic heterocycles. The molecule has 1 saturated heterocycles. The van der Waals surface area contributed by atoms with Crippen molar-refractivity contribution in [1.29, 1.82) is 0 Å². The molecule has 0 N–H and O–H groups in total. The van der Waals surface area contributed by atoms with Crippen LogP contribution in [0.2, 0.25) is 0 Å². The standard InChI is InChI=1S/C19H21NO2/c1-14(15-10-6-4-7-11-15)20-17(16-12-8-5-9-13-16)19(2,3)22-18(20)21/h4-14,17H,1-3H3/t14-,17-/m0/s1. The number of amides is 1. The molecular formula is C19H21NO2. The molecule has 3 nitrogen and oxygen atoms in total. The molecule has 3 heteroatoms. The molecule has 2 aromatic rings. The summed E-state index contributed by atoms with van der Waals surface area (Å²) in [5, 5.41) is 0. The van der Waals surface area contributed by atoms with Gasteiger partial charge in [-0.3, -0.25) is 4.90 Å². The van der Waals surface area contributed by atoms with Gasteiger partial charge in [-0.2, -0.15) is 0 Å². The first-order valence-electron chi connectivity index (χ1n) is 7.62. The molecule has 0 aliphatic carbocycles. The second kappa shape index (κ2) is 5.48. The molecule has 1 fully saturated rings. The highest BCUT2D eigenvalue weighted by atomic mass is 16.6. The normalized spacial score (nSPS) is 21.5. The van der Waals surface area contributed by atoms with E-state index in [1.807, 2.05) is 74.2 Å². The Morgan fingerprint density at radius 2 is 1.55 bits per heavy atom. The molecule has 0 radical (unpaired) electrons. The van der Waals surface area contributed by atoms with Crippen LogP contribution in [0.4, 0.5) is 4.79 Å². The lowest BCUT2D eigenvalue weighted by Gasteiger charge is -2.33. The Bertz CT molecular complexity index is 652. The first kappa shape index (κ1) is 14.6. The molecule has 0 spiro atoms. The molecular weight excluding hydrogens is 274 g/mol. The summed E-state index contributed by atoms with van der Waals surface area (Å²) in [4.78, 5) is 14.3. The first-order chi connectivity index (χ1) is 10.5. The van der Waals surface area contributed by atoms with Crippen LogP contribution in [0.1, 0.15) is 44.0 Å². The van der Waals surface area contributed by atoms with Gasteiger partial charge in [0.15, 0.2) is 0 Å². The van der Waals surface area contributed by atoms with E-state index in [9.17, 15) is 4.79 Å². The fraction of sp³-hybridized carbons (Fsp3) is 0.316. The Kier molecular flexibility index (Phi) is 3.65. The average Bonchev–Trinajstić information content (AvgIpc) is 2.77. The number of nitrogens with zero attached hydrogens (tertiary/aromatic N) is 1. The van der Waals surface area contributed by atoms with Gasteiger partial charge in [0.25, 0.3) is 0 Å². The molecule has 2 atom stereocenters. The molecule has 3 rings (SSSR count). The number of benzene rings is 2. The van der Waals surface area contributed by atoms with Crippen LogP contribution < -0.4 is 0 Å². The zero-order valence-corrected chi connectivity index (χ0v) is 13.2. The zero-order chi connectivity index (χ0) is 15.7. The van der Waals surface area contributed by atoms with Crippen LogP contribution in [-0.2, 0) is 4.74 Å². The van der Waals surface area contributed by atoms with Gasteiger partial charge in [0.2, 0.25) is 0 Å². The molecule has 0 unspecified atom stereocenters. The fourth-order valence-corrected chi connectivity index (χ4v) is 3.25. The summed E-state index contributed by atoms with van der Waals surface area (Å²) < 4.78 is 5.66. The van der Waals surface area contributed by atoms with Gasteiger partial charge in [-0.25, -0.2) is 4.79 Å². The Morgan fingerprint density at radius 3 is 2.14 bits per heavy atom. The molecule has 1 aliphatic rings. The van der Waals surface area contributed by atoms with Gasteiger partial charge in [0, 0.05) is 0 Å². The maximum absolute atomic E-state index is 12.5. The van der Waals surface area contributed by atoms with Crippen LogP contribution in [0.15, 0.2) is 60.7 Å². The lowest BCUT2D eigenvalue weighted by Crippen LogP contribution is -2.35. The third-order valence-corrected chi connectivity index (χ3v) is 4.31. The highest BCUT2D eigenvalue weighted by Crippen LogP contribution is 2.45. The Balaban J connectivity index is 2.02. The quantitative estimate of drug-likeness (QED) is 0.820. The van der Waals surface area contributed by atoms with Crippen molar-refractivity contribution >= 4 is 6.09 Å². The van der Waals surface area contributed by atoms with Crippen LogP contribution >= 0.6 is 0 Å². The van der Waals surface area contributed by atoms with E-state index in [2.05, 4.69) is 12.1 Å². The van der Waals surface area contributed by atoms with E-state index in [4.69, 9.17) is 4.74 Å². The van der Waals surface area contributed by atoms with Crippen molar-refractivity contribution in [2.24, 2.45) is 0 Å². The molecule has 0 saturated carbocycles. The number of cyclic esters (lactones) is 1. The fourth-order valence-electron chi connectivity index (χ4n) is 3.25. The van der Waals surface area contributed by atoms with E-state index in [-0.39, 0.29) is 18.2 Å². The number of carbonyl (C=O) groups excluding carboxylic acids is 1. The summed E-state index contributed by atoms with van der Waals surface area (Å²) in [6.45, 7) is 5.99. The number of hydrogen-bond acceptors (Lipinski definition) is 2. The first-order valence-corrected chi connectivity index (χ1v) is 7.62. The van der Waals surface area contributed by atoms with E-state index in [1.165, 1.54) is 0 Å². The monoisotopic (exact) mass is 295 g/mol. The Morgan fingerprint density at radius 1 is 1.00 bits per heavy atom. The van der Waals surface area contributed by atoms with Gasteiger partial charge in [-0.05, 0) is 31.9 Å². The maximum Gasteiger partial charge on any atom is 0.411 e. The van der Waals surface area contributed by atoms with Crippen molar-refractivity contribution in [2.75, 3.05) is 0 Å². The second-order valence-electron chi connectivity index (χ2n) is 6.28. The second-order valence-corrected chi connectivity index (χ2v) is 6.28. The predicted octanol–water partition coefficient (Wildman–Crippen LogP) is 4.72. The minimum Gasteiger partial charge on any atom is -0.441 e. The SMILES string of the molecule is C[C@@H](c1ccccc1)N1C(=O)OC(C)(C)[C@@H]1c1ccccc1. The Labute approximate surface area is 131 Å². The van der Waals surface area contributed by atoms with Crippen LogP contribution in [0.5, 0.6) is 0 Å². The van der Waals surface area contributed by atoms with E-state index in [0.717, 1.165) is 11.1 Å². The lowest BCUT2D eigenvalue weighted by atomic mass is 9.90. The smallest absolute Gasteiger partial charge is 0.411 e. The molecule has 114 valence electrons. The number of carbonyl (C=O) groups is 1. The van der Waals surface area contributed by atoms with Crippen molar-refractivity contribution in [3.8, 4) is 0 Å². The minimum absolute atomic E-state index is 0.0410. The highest BCUT2D eigenvalue weighted by Gasteiger charge is 2.50. The van der Waals surface area contributed by atoms with Crippen molar-refractivity contribution in [3.63, 3.8) is 0 Å². The van der Waals surface area contributed by atoms with Gasteiger partial charge in [-0.15, -0.1) is 0 Å². The number of rotatable bonds is 3. The van der Waals surface area contributed by atoms with Gasteiger partial charge in [0.1, 0.15) is 11.6 Å². The van der Waals surface area contributed by atoms with Gasteiger partial charge >= 0.3 is 6.09 Å². The summed E-state index contributed by atoms with van der Waals surface area (Å²) in [6, 6.07) is 20.0. The summed E-state index contributed by atoms with van der Waals surface area (Å²) in [5.74, 6) is 0. The van der Waals surface area contributed by atoms with Crippen LogP contribution in [-0.4, -0.2) is 16.6 Å². The molecule has 22 heavy (non-hydrogen) atoms. The Hall–Kier alpha value is -2.29. The van der Waals surface area contributed by atoms with Gasteiger partial charge in [-0.1, -0.05) is 60.7 Å². The van der Waals surface area contributed by atoms with Crippen molar-refractivity contribution in [2.45, 2.75) is 38.5 Å². The lowest BCUT2D eigenvalue weighted by molar-refractivity contribution is 0.0670.